The first-order valence-electron chi connectivity index (χ1n) is 8.05. The zero-order chi connectivity index (χ0) is 18.2. The fourth-order valence-corrected chi connectivity index (χ4v) is 2.30. The van der Waals surface area contributed by atoms with E-state index in [4.69, 9.17) is 13.9 Å². The van der Waals surface area contributed by atoms with Crippen molar-refractivity contribution in [3.8, 4) is 11.5 Å². The molecule has 0 aliphatic rings. The lowest BCUT2D eigenvalue weighted by atomic mass is 10.1. The van der Waals surface area contributed by atoms with Gasteiger partial charge in [0.25, 0.3) is 0 Å². The van der Waals surface area contributed by atoms with Gasteiger partial charge in [0.2, 0.25) is 0 Å². The number of benzene rings is 1. The van der Waals surface area contributed by atoms with Crippen molar-refractivity contribution in [2.24, 2.45) is 0 Å². The molecule has 132 valence electrons. The molecular weight excluding hydrogens is 320 g/mol. The van der Waals surface area contributed by atoms with Crippen LogP contribution in [0.4, 0.5) is 0 Å². The summed E-state index contributed by atoms with van der Waals surface area (Å²) >= 11 is 0. The van der Waals surface area contributed by atoms with Crippen LogP contribution in [0.5, 0.6) is 11.5 Å². The minimum Gasteiger partial charge on any atom is -0.493 e. The molecule has 0 bridgehead atoms. The van der Waals surface area contributed by atoms with Gasteiger partial charge in [0, 0.05) is 17.5 Å². The van der Waals surface area contributed by atoms with E-state index in [9.17, 15) is 9.59 Å². The van der Waals surface area contributed by atoms with Crippen molar-refractivity contribution in [3.05, 3.63) is 58.0 Å². The van der Waals surface area contributed by atoms with Crippen molar-refractivity contribution in [2.45, 2.75) is 26.7 Å². The molecule has 1 aromatic carbocycles. The Kier molecular flexibility index (Phi) is 6.57. The van der Waals surface area contributed by atoms with Crippen LogP contribution in [0.2, 0.25) is 0 Å². The Labute approximate surface area is 146 Å². The molecule has 1 aromatic heterocycles. The average molecular weight is 342 g/mol. The van der Waals surface area contributed by atoms with Gasteiger partial charge in [0.05, 0.1) is 7.11 Å². The van der Waals surface area contributed by atoms with Gasteiger partial charge in [0.1, 0.15) is 18.5 Å². The minimum atomic E-state index is -0.405. The molecule has 2 rings (SSSR count). The standard InChI is InChI=1S/C20H22O5/c1-14(5-4-6-15(2)13-21)9-10-24-19-12-17-16(11-18(19)23-3)7-8-20(22)25-17/h6-9,11-13H,4-5,10H2,1-3H3/b14-9+,15-6+. The third-order valence-electron chi connectivity index (χ3n) is 3.77. The van der Waals surface area contributed by atoms with Gasteiger partial charge in [-0.05, 0) is 50.5 Å². The van der Waals surface area contributed by atoms with Crippen molar-refractivity contribution in [1.29, 1.82) is 0 Å². The van der Waals surface area contributed by atoms with Crippen molar-refractivity contribution >= 4 is 17.3 Å². The Morgan fingerprint density at radius 3 is 2.68 bits per heavy atom. The number of hydrogen-bond acceptors (Lipinski definition) is 5. The Morgan fingerprint density at radius 1 is 1.16 bits per heavy atom. The van der Waals surface area contributed by atoms with E-state index in [1.807, 2.05) is 19.1 Å². The molecular formula is C20H22O5. The third kappa shape index (κ3) is 5.35. The summed E-state index contributed by atoms with van der Waals surface area (Å²) < 4.78 is 16.3. The zero-order valence-corrected chi connectivity index (χ0v) is 14.7. The molecule has 0 saturated heterocycles. The highest BCUT2D eigenvalue weighted by atomic mass is 16.5. The maximum Gasteiger partial charge on any atom is 0.336 e. The summed E-state index contributed by atoms with van der Waals surface area (Å²) in [6, 6.07) is 6.49. The number of hydrogen-bond donors (Lipinski definition) is 0. The van der Waals surface area contributed by atoms with Crippen LogP contribution in [0.25, 0.3) is 11.0 Å². The predicted octanol–water partition coefficient (Wildman–Crippen LogP) is 4.05. The molecule has 0 atom stereocenters. The highest BCUT2D eigenvalue weighted by Gasteiger charge is 2.08. The van der Waals surface area contributed by atoms with Crippen molar-refractivity contribution < 1.29 is 18.7 Å². The summed E-state index contributed by atoms with van der Waals surface area (Å²) in [5, 5.41) is 0.771. The molecule has 0 saturated carbocycles. The van der Waals surface area contributed by atoms with E-state index in [1.54, 1.807) is 32.2 Å². The summed E-state index contributed by atoms with van der Waals surface area (Å²) in [5.41, 5.74) is 1.96. The molecule has 0 unspecified atom stereocenters. The molecule has 0 fully saturated rings. The number of allylic oxidation sites excluding steroid dienone is 3. The number of fused-ring (bicyclic) bond motifs is 1. The number of ether oxygens (including phenoxy) is 2. The van der Waals surface area contributed by atoms with E-state index in [2.05, 4.69) is 0 Å². The molecule has 0 spiro atoms. The van der Waals surface area contributed by atoms with Crippen LogP contribution in [0.1, 0.15) is 26.7 Å². The lowest BCUT2D eigenvalue weighted by Crippen LogP contribution is -1.99. The molecule has 1 heterocycles. The monoisotopic (exact) mass is 342 g/mol. The lowest BCUT2D eigenvalue weighted by Gasteiger charge is -2.10. The molecule has 0 aliphatic heterocycles. The van der Waals surface area contributed by atoms with Gasteiger partial charge in [-0.3, -0.25) is 4.79 Å². The minimum absolute atomic E-state index is 0.376. The van der Waals surface area contributed by atoms with E-state index in [1.165, 1.54) is 11.6 Å². The van der Waals surface area contributed by atoms with Gasteiger partial charge >= 0.3 is 5.63 Å². The number of rotatable bonds is 8. The van der Waals surface area contributed by atoms with Gasteiger partial charge < -0.3 is 13.9 Å². The zero-order valence-electron chi connectivity index (χ0n) is 14.7. The second-order valence-electron chi connectivity index (χ2n) is 5.76. The molecule has 25 heavy (non-hydrogen) atoms. The van der Waals surface area contributed by atoms with Crippen LogP contribution in [0.3, 0.4) is 0 Å². The summed E-state index contributed by atoms with van der Waals surface area (Å²) in [7, 11) is 1.57. The number of carbonyl (C=O) groups excluding carboxylic acids is 1. The maximum absolute atomic E-state index is 11.3. The lowest BCUT2D eigenvalue weighted by molar-refractivity contribution is -0.104. The Morgan fingerprint density at radius 2 is 1.96 bits per heavy atom. The number of carbonyl (C=O) groups is 1. The molecule has 2 aromatic rings. The van der Waals surface area contributed by atoms with E-state index in [0.29, 0.717) is 23.7 Å². The van der Waals surface area contributed by atoms with Crippen LogP contribution < -0.4 is 15.1 Å². The van der Waals surface area contributed by atoms with Gasteiger partial charge in [-0.25, -0.2) is 4.79 Å². The Balaban J connectivity index is 2.05. The van der Waals surface area contributed by atoms with E-state index in [-0.39, 0.29) is 0 Å². The molecule has 0 radical (unpaired) electrons. The van der Waals surface area contributed by atoms with Crippen LogP contribution in [0, 0.1) is 0 Å². The van der Waals surface area contributed by atoms with Crippen LogP contribution >= 0.6 is 0 Å². The maximum atomic E-state index is 11.3. The van der Waals surface area contributed by atoms with Crippen molar-refractivity contribution in [1.82, 2.24) is 0 Å². The first-order valence-corrected chi connectivity index (χ1v) is 8.05. The highest BCUT2D eigenvalue weighted by molar-refractivity contribution is 5.80. The Hall–Kier alpha value is -2.82. The SMILES string of the molecule is COc1cc2ccc(=O)oc2cc1OC/C=C(\C)CC/C=C(\C)C=O. The topological polar surface area (TPSA) is 65.7 Å². The molecule has 0 N–H and O–H groups in total. The molecule has 0 amide bonds. The van der Waals surface area contributed by atoms with Gasteiger partial charge in [-0.15, -0.1) is 0 Å². The predicted molar refractivity (Wildman–Crippen MR) is 97.3 cm³/mol. The fraction of sp³-hybridized carbons (Fsp3) is 0.300. The fourth-order valence-electron chi connectivity index (χ4n) is 2.30. The first-order chi connectivity index (χ1) is 12.0. The molecule has 5 nitrogen and oxygen atoms in total. The summed E-state index contributed by atoms with van der Waals surface area (Å²) in [4.78, 5) is 21.9. The molecule has 5 heteroatoms. The Bertz CT molecular complexity index is 858. The smallest absolute Gasteiger partial charge is 0.336 e. The largest absolute Gasteiger partial charge is 0.493 e. The normalized spacial score (nSPS) is 12.3. The second kappa shape index (κ2) is 8.87. The quantitative estimate of drug-likeness (QED) is 0.313. The van der Waals surface area contributed by atoms with E-state index >= 15 is 0 Å². The summed E-state index contributed by atoms with van der Waals surface area (Å²) in [6.07, 6.45) is 6.43. The first kappa shape index (κ1) is 18.5. The van der Waals surface area contributed by atoms with Crippen molar-refractivity contribution in [3.63, 3.8) is 0 Å². The average Bonchev–Trinajstić information content (AvgIpc) is 2.60. The van der Waals surface area contributed by atoms with Crippen LogP contribution in [-0.2, 0) is 4.79 Å². The van der Waals surface area contributed by atoms with Gasteiger partial charge in [0.15, 0.2) is 11.5 Å². The highest BCUT2D eigenvalue weighted by Crippen LogP contribution is 2.31. The summed E-state index contributed by atoms with van der Waals surface area (Å²) in [6.45, 7) is 4.19. The van der Waals surface area contributed by atoms with Gasteiger partial charge in [-0.1, -0.05) is 11.6 Å². The number of aldehydes is 1. The van der Waals surface area contributed by atoms with Gasteiger partial charge in [-0.2, -0.15) is 0 Å². The van der Waals surface area contributed by atoms with E-state index in [0.717, 1.165) is 30.1 Å². The number of methoxy groups -OCH3 is 1. The van der Waals surface area contributed by atoms with Crippen LogP contribution in [0.15, 0.2) is 56.8 Å². The van der Waals surface area contributed by atoms with Crippen LogP contribution in [-0.4, -0.2) is 20.0 Å². The molecule has 0 aliphatic carbocycles. The van der Waals surface area contributed by atoms with Crippen molar-refractivity contribution in [2.75, 3.05) is 13.7 Å². The van der Waals surface area contributed by atoms with E-state index < -0.39 is 5.63 Å². The second-order valence-corrected chi connectivity index (χ2v) is 5.76. The third-order valence-corrected chi connectivity index (χ3v) is 3.77. The summed E-state index contributed by atoms with van der Waals surface area (Å²) in [5.74, 6) is 1.10.